The lowest BCUT2D eigenvalue weighted by Crippen LogP contribution is -1.81. The Balaban J connectivity index is 1.93. The van der Waals surface area contributed by atoms with E-state index in [9.17, 15) is 5.26 Å². The van der Waals surface area contributed by atoms with E-state index < -0.39 is 0 Å². The summed E-state index contributed by atoms with van der Waals surface area (Å²) in [5.41, 5.74) is 2.30. The van der Waals surface area contributed by atoms with Crippen molar-refractivity contribution >= 4 is 45.7 Å². The fourth-order valence-electron chi connectivity index (χ4n) is 1.63. The van der Waals surface area contributed by atoms with Crippen LogP contribution in [0.15, 0.2) is 28.3 Å². The molecule has 0 aliphatic rings. The molecule has 0 bridgehead atoms. The van der Waals surface area contributed by atoms with Gasteiger partial charge in [0.15, 0.2) is 0 Å². The zero-order chi connectivity index (χ0) is 13.9. The standard InChI is InChI=1S/C14H9N3S3/c1-9-7-19-13(16-9)10(6-15)5-11-8-20-14(17-11)12-3-2-4-18-12/h2-5,7-8H,1H3/b10-5+. The Bertz CT molecular complexity index is 788. The summed E-state index contributed by atoms with van der Waals surface area (Å²) >= 11 is 4.74. The van der Waals surface area contributed by atoms with Crippen LogP contribution in [-0.2, 0) is 0 Å². The Morgan fingerprint density at radius 1 is 1.25 bits per heavy atom. The summed E-state index contributed by atoms with van der Waals surface area (Å²) in [6.45, 7) is 1.92. The van der Waals surface area contributed by atoms with Crippen molar-refractivity contribution in [3.63, 3.8) is 0 Å². The molecule has 0 radical (unpaired) electrons. The van der Waals surface area contributed by atoms with E-state index in [0.717, 1.165) is 26.3 Å². The molecule has 0 fully saturated rings. The largest absolute Gasteiger partial charge is 0.241 e. The Morgan fingerprint density at radius 3 is 2.80 bits per heavy atom. The summed E-state index contributed by atoms with van der Waals surface area (Å²) in [7, 11) is 0. The summed E-state index contributed by atoms with van der Waals surface area (Å²) in [5, 5.41) is 16.9. The molecule has 0 N–H and O–H groups in total. The topological polar surface area (TPSA) is 49.6 Å². The summed E-state index contributed by atoms with van der Waals surface area (Å²) in [6, 6.07) is 6.26. The van der Waals surface area contributed by atoms with Gasteiger partial charge in [0.1, 0.15) is 16.1 Å². The van der Waals surface area contributed by atoms with Crippen molar-refractivity contribution in [1.82, 2.24) is 9.97 Å². The van der Waals surface area contributed by atoms with Gasteiger partial charge in [-0.25, -0.2) is 9.97 Å². The molecule has 6 heteroatoms. The third kappa shape index (κ3) is 2.70. The Morgan fingerprint density at radius 2 is 2.15 bits per heavy atom. The van der Waals surface area contributed by atoms with Crippen LogP contribution in [0.4, 0.5) is 0 Å². The molecule has 0 unspecified atom stereocenters. The van der Waals surface area contributed by atoms with Gasteiger partial charge in [0.25, 0.3) is 0 Å². The monoisotopic (exact) mass is 315 g/mol. The van der Waals surface area contributed by atoms with Crippen LogP contribution in [0.5, 0.6) is 0 Å². The molecule has 0 amide bonds. The van der Waals surface area contributed by atoms with Crippen molar-refractivity contribution in [1.29, 1.82) is 5.26 Å². The van der Waals surface area contributed by atoms with Gasteiger partial charge >= 0.3 is 0 Å². The minimum absolute atomic E-state index is 0.561. The molecule has 98 valence electrons. The fourth-order valence-corrected chi connectivity index (χ4v) is 3.99. The second kappa shape index (κ2) is 5.67. The van der Waals surface area contributed by atoms with Gasteiger partial charge in [-0.2, -0.15) is 5.26 Å². The van der Waals surface area contributed by atoms with Crippen molar-refractivity contribution in [3.8, 4) is 16.0 Å². The molecular weight excluding hydrogens is 306 g/mol. The molecule has 3 aromatic rings. The van der Waals surface area contributed by atoms with Gasteiger partial charge in [-0.3, -0.25) is 0 Å². The van der Waals surface area contributed by atoms with Gasteiger partial charge in [-0.1, -0.05) is 6.07 Å². The summed E-state index contributed by atoms with van der Waals surface area (Å²) in [6.07, 6.45) is 1.80. The van der Waals surface area contributed by atoms with Gasteiger partial charge in [0.05, 0.1) is 16.1 Å². The predicted octanol–water partition coefficient (Wildman–Crippen LogP) is 4.70. The highest BCUT2D eigenvalue weighted by atomic mass is 32.1. The van der Waals surface area contributed by atoms with Crippen molar-refractivity contribution in [3.05, 3.63) is 44.7 Å². The molecule has 0 aromatic carbocycles. The summed E-state index contributed by atoms with van der Waals surface area (Å²) in [4.78, 5) is 10.0. The second-order valence-corrected chi connectivity index (χ2v) is 6.68. The molecule has 0 saturated carbocycles. The van der Waals surface area contributed by atoms with Crippen LogP contribution >= 0.6 is 34.0 Å². The first-order chi connectivity index (χ1) is 9.76. The van der Waals surface area contributed by atoms with Crippen LogP contribution in [-0.4, -0.2) is 9.97 Å². The number of hydrogen-bond donors (Lipinski definition) is 0. The van der Waals surface area contributed by atoms with Gasteiger partial charge in [0.2, 0.25) is 0 Å². The zero-order valence-electron chi connectivity index (χ0n) is 10.5. The third-order valence-corrected chi connectivity index (χ3v) is 5.41. The maximum absolute atomic E-state index is 9.27. The number of rotatable bonds is 3. The van der Waals surface area contributed by atoms with E-state index in [-0.39, 0.29) is 0 Å². The molecule has 0 aliphatic heterocycles. The highest BCUT2D eigenvalue weighted by Crippen LogP contribution is 2.29. The van der Waals surface area contributed by atoms with Crippen LogP contribution in [0.3, 0.4) is 0 Å². The number of hydrogen-bond acceptors (Lipinski definition) is 6. The number of nitriles is 1. The van der Waals surface area contributed by atoms with E-state index in [1.54, 1.807) is 28.7 Å². The highest BCUT2D eigenvalue weighted by molar-refractivity contribution is 7.20. The zero-order valence-corrected chi connectivity index (χ0v) is 13.0. The van der Waals surface area contributed by atoms with Gasteiger partial charge in [-0.15, -0.1) is 34.0 Å². The first kappa shape index (κ1) is 13.2. The lowest BCUT2D eigenvalue weighted by Gasteiger charge is -1.91. The minimum Gasteiger partial charge on any atom is -0.241 e. The van der Waals surface area contributed by atoms with Gasteiger partial charge < -0.3 is 0 Å². The predicted molar refractivity (Wildman–Crippen MR) is 85.8 cm³/mol. The number of aromatic nitrogens is 2. The lowest BCUT2D eigenvalue weighted by molar-refractivity contribution is 1.24. The number of nitrogens with zero attached hydrogens (tertiary/aromatic N) is 3. The van der Waals surface area contributed by atoms with E-state index >= 15 is 0 Å². The van der Waals surface area contributed by atoms with E-state index in [0.29, 0.717) is 5.57 Å². The van der Waals surface area contributed by atoms with E-state index in [2.05, 4.69) is 16.0 Å². The lowest BCUT2D eigenvalue weighted by atomic mass is 10.2. The Hall–Kier alpha value is -1.81. The van der Waals surface area contributed by atoms with E-state index in [1.807, 2.05) is 35.2 Å². The van der Waals surface area contributed by atoms with Crippen molar-refractivity contribution < 1.29 is 0 Å². The molecular formula is C14H9N3S3. The molecule has 0 atom stereocenters. The first-order valence-electron chi connectivity index (χ1n) is 5.80. The number of allylic oxidation sites excluding steroid dienone is 1. The van der Waals surface area contributed by atoms with Gasteiger partial charge in [0, 0.05) is 16.5 Å². The van der Waals surface area contributed by atoms with Crippen molar-refractivity contribution in [2.45, 2.75) is 6.92 Å². The summed E-state index contributed by atoms with van der Waals surface area (Å²) < 4.78 is 0. The van der Waals surface area contributed by atoms with Crippen molar-refractivity contribution in [2.24, 2.45) is 0 Å². The van der Waals surface area contributed by atoms with Crippen molar-refractivity contribution in [2.75, 3.05) is 0 Å². The number of thiazole rings is 2. The molecule has 0 aliphatic carbocycles. The maximum atomic E-state index is 9.27. The van der Waals surface area contributed by atoms with Crippen LogP contribution in [0.2, 0.25) is 0 Å². The average molecular weight is 315 g/mol. The molecule has 0 spiro atoms. The van der Waals surface area contributed by atoms with E-state index in [1.165, 1.54) is 11.3 Å². The molecule has 3 nitrogen and oxygen atoms in total. The molecule has 3 rings (SSSR count). The van der Waals surface area contributed by atoms with Crippen LogP contribution in [0.1, 0.15) is 16.4 Å². The Labute approximate surface area is 128 Å². The third-order valence-electron chi connectivity index (χ3n) is 2.52. The van der Waals surface area contributed by atoms with Crippen LogP contribution in [0.25, 0.3) is 21.5 Å². The van der Waals surface area contributed by atoms with Crippen LogP contribution in [0, 0.1) is 18.3 Å². The van der Waals surface area contributed by atoms with Crippen LogP contribution < -0.4 is 0 Å². The maximum Gasteiger partial charge on any atom is 0.134 e. The first-order valence-corrected chi connectivity index (χ1v) is 8.44. The SMILES string of the molecule is Cc1csc(/C(C#N)=C/c2csc(-c3cccs3)n2)n1. The quantitative estimate of drug-likeness (QED) is 0.658. The van der Waals surface area contributed by atoms with E-state index in [4.69, 9.17) is 0 Å². The minimum atomic E-state index is 0.561. The number of aryl methyl sites for hydroxylation is 1. The second-order valence-electron chi connectivity index (χ2n) is 4.02. The number of thiophene rings is 1. The molecule has 3 heterocycles. The smallest absolute Gasteiger partial charge is 0.134 e. The highest BCUT2D eigenvalue weighted by Gasteiger charge is 2.08. The summed E-state index contributed by atoms with van der Waals surface area (Å²) in [5.74, 6) is 0. The molecule has 3 aromatic heterocycles. The molecule has 20 heavy (non-hydrogen) atoms. The van der Waals surface area contributed by atoms with Gasteiger partial charge in [-0.05, 0) is 24.4 Å². The Kier molecular flexibility index (Phi) is 3.74. The molecule has 0 saturated heterocycles. The normalized spacial score (nSPS) is 11.5. The fraction of sp³-hybridized carbons (Fsp3) is 0.0714. The average Bonchev–Trinajstić information content (AvgIpc) is 3.16.